The average molecular weight is 464 g/mol. The van der Waals surface area contributed by atoms with Crippen LogP contribution >= 0.6 is 12.2 Å². The van der Waals surface area contributed by atoms with E-state index in [4.69, 9.17) is 23.7 Å². The van der Waals surface area contributed by atoms with Crippen LogP contribution in [0.25, 0.3) is 21.8 Å². The number of thiocarbonyl (C=S) groups is 1. The molecule has 0 saturated heterocycles. The summed E-state index contributed by atoms with van der Waals surface area (Å²) in [5, 5.41) is 10.5. The molecule has 33 heavy (non-hydrogen) atoms. The van der Waals surface area contributed by atoms with Crippen molar-refractivity contribution in [3.63, 3.8) is 0 Å². The third kappa shape index (κ3) is 5.03. The molecule has 0 aliphatic rings. The third-order valence-corrected chi connectivity index (χ3v) is 5.48. The predicted molar refractivity (Wildman–Crippen MR) is 135 cm³/mol. The van der Waals surface area contributed by atoms with Crippen molar-refractivity contribution < 1.29 is 9.59 Å². The van der Waals surface area contributed by atoms with Crippen molar-refractivity contribution in [3.05, 3.63) is 65.5 Å². The van der Waals surface area contributed by atoms with Gasteiger partial charge in [0.1, 0.15) is 10.7 Å². The summed E-state index contributed by atoms with van der Waals surface area (Å²) < 4.78 is 0. The number of hydrogen-bond acceptors (Lipinski definition) is 5. The van der Waals surface area contributed by atoms with Gasteiger partial charge in [-0.25, -0.2) is 0 Å². The van der Waals surface area contributed by atoms with E-state index in [0.717, 1.165) is 27.5 Å². The molecule has 10 heteroatoms. The summed E-state index contributed by atoms with van der Waals surface area (Å²) in [4.78, 5) is 31.9. The van der Waals surface area contributed by atoms with Gasteiger partial charge in [0.25, 0.3) is 11.8 Å². The van der Waals surface area contributed by atoms with Crippen LogP contribution in [-0.2, 0) is 0 Å². The highest BCUT2D eigenvalue weighted by atomic mass is 32.1. The summed E-state index contributed by atoms with van der Waals surface area (Å²) in [5.74, 6) is -0.488. The van der Waals surface area contributed by atoms with Crippen molar-refractivity contribution in [2.45, 2.75) is 0 Å². The van der Waals surface area contributed by atoms with E-state index in [-0.39, 0.29) is 11.8 Å². The molecule has 0 fully saturated rings. The summed E-state index contributed by atoms with van der Waals surface area (Å²) in [6.45, 7) is 1.86. The number of anilines is 1. The van der Waals surface area contributed by atoms with Gasteiger partial charge in [-0.15, -0.1) is 0 Å². The van der Waals surface area contributed by atoms with Crippen molar-refractivity contribution in [1.29, 1.82) is 0 Å². The second-order valence-electron chi connectivity index (χ2n) is 7.51. The van der Waals surface area contributed by atoms with E-state index in [1.54, 1.807) is 24.3 Å². The van der Waals surface area contributed by atoms with Crippen LogP contribution in [0.15, 0.2) is 48.5 Å². The number of hydrogen-bond donors (Lipinski definition) is 7. The quantitative estimate of drug-likeness (QED) is 0.198. The van der Waals surface area contributed by atoms with Crippen LogP contribution in [-0.4, -0.2) is 52.9 Å². The van der Waals surface area contributed by atoms with Gasteiger partial charge >= 0.3 is 0 Å². The zero-order chi connectivity index (χ0) is 23.4. The number of H-pyrrole nitrogens is 2. The molecule has 4 aromatic rings. The third-order valence-electron chi connectivity index (χ3n) is 5.11. The fourth-order valence-electron chi connectivity index (χ4n) is 3.49. The Morgan fingerprint density at radius 3 is 2.30 bits per heavy atom. The number of aromatic nitrogens is 2. The molecule has 0 radical (unpaired) electrons. The summed E-state index contributed by atoms with van der Waals surface area (Å²) >= 11 is 5.37. The zero-order valence-electron chi connectivity index (χ0n) is 17.8. The normalized spacial score (nSPS) is 11.0. The number of nitrogens with two attached hydrogens (primary N) is 2. The first-order valence-electron chi connectivity index (χ1n) is 10.5. The van der Waals surface area contributed by atoms with Crippen molar-refractivity contribution in [2.75, 3.05) is 31.5 Å². The summed E-state index contributed by atoms with van der Waals surface area (Å²) in [6.07, 6.45) is 0. The van der Waals surface area contributed by atoms with Crippen molar-refractivity contribution in [2.24, 2.45) is 11.5 Å². The number of amides is 2. The van der Waals surface area contributed by atoms with E-state index in [1.165, 1.54) is 0 Å². The van der Waals surface area contributed by atoms with Crippen molar-refractivity contribution >= 4 is 56.5 Å². The van der Waals surface area contributed by atoms with E-state index in [9.17, 15) is 9.59 Å². The maximum atomic E-state index is 12.8. The second-order valence-corrected chi connectivity index (χ2v) is 7.92. The fraction of sp³-hybridized carbons (Fsp3) is 0.174. The minimum Gasteiger partial charge on any atom is -0.373 e. The Hall–Kier alpha value is -3.73. The molecule has 2 amide bonds. The number of aromatic amines is 2. The standard InChI is InChI=1S/C23H25N7O2S/c24-5-7-26-21(31)14-2-4-17-15(9-14)11-19(29-17)22(32)28-16-3-1-13-10-20(30-18(13)12-16)23(33)27-8-6-25/h1-4,9-12,29-30H,5-8,24-25H2,(H,26,31)(H,27,33)(H,28,32). The molecule has 9 nitrogen and oxygen atoms in total. The van der Waals surface area contributed by atoms with Gasteiger partial charge in [-0.2, -0.15) is 0 Å². The average Bonchev–Trinajstić information content (AvgIpc) is 3.44. The second kappa shape index (κ2) is 9.82. The van der Waals surface area contributed by atoms with Crippen LogP contribution in [0.2, 0.25) is 0 Å². The number of fused-ring (bicyclic) bond motifs is 2. The number of carbonyl (C=O) groups is 2. The first-order valence-corrected chi connectivity index (χ1v) is 10.9. The molecular weight excluding hydrogens is 438 g/mol. The van der Waals surface area contributed by atoms with E-state index < -0.39 is 0 Å². The van der Waals surface area contributed by atoms with Gasteiger partial charge in [0, 0.05) is 59.2 Å². The summed E-state index contributed by atoms with van der Waals surface area (Å²) in [5.41, 5.74) is 14.9. The number of benzene rings is 2. The van der Waals surface area contributed by atoms with Crippen LogP contribution in [0.3, 0.4) is 0 Å². The van der Waals surface area contributed by atoms with Gasteiger partial charge < -0.3 is 37.4 Å². The molecule has 0 aliphatic carbocycles. The highest BCUT2D eigenvalue weighted by molar-refractivity contribution is 7.80. The lowest BCUT2D eigenvalue weighted by atomic mass is 10.1. The van der Waals surface area contributed by atoms with Gasteiger partial charge in [0.2, 0.25) is 0 Å². The molecule has 9 N–H and O–H groups in total. The van der Waals surface area contributed by atoms with Gasteiger partial charge in [-0.05, 0) is 42.5 Å². The Morgan fingerprint density at radius 2 is 1.52 bits per heavy atom. The highest BCUT2D eigenvalue weighted by Crippen LogP contribution is 2.22. The molecule has 170 valence electrons. The Morgan fingerprint density at radius 1 is 0.788 bits per heavy atom. The molecule has 0 aliphatic heterocycles. The monoisotopic (exact) mass is 463 g/mol. The van der Waals surface area contributed by atoms with E-state index in [2.05, 4.69) is 25.9 Å². The Kier molecular flexibility index (Phi) is 6.68. The van der Waals surface area contributed by atoms with Gasteiger partial charge in [0.15, 0.2) is 0 Å². The summed E-state index contributed by atoms with van der Waals surface area (Å²) in [6, 6.07) is 14.5. The number of nitrogens with one attached hydrogen (secondary N) is 5. The SMILES string of the molecule is NCCNC(=O)c1ccc2[nH]c(C(=O)Nc3ccc4cc(C(=S)NCCN)[nH]c4c3)cc2c1. The lowest BCUT2D eigenvalue weighted by Gasteiger charge is -2.04. The molecule has 2 aromatic heterocycles. The molecule has 0 bridgehead atoms. The molecule has 0 atom stereocenters. The molecule has 0 unspecified atom stereocenters. The highest BCUT2D eigenvalue weighted by Gasteiger charge is 2.13. The largest absolute Gasteiger partial charge is 0.373 e. The van der Waals surface area contributed by atoms with Gasteiger partial charge in [-0.1, -0.05) is 18.3 Å². The topological polar surface area (TPSA) is 154 Å². The first-order chi connectivity index (χ1) is 16.0. The van der Waals surface area contributed by atoms with Crippen molar-refractivity contribution in [1.82, 2.24) is 20.6 Å². The van der Waals surface area contributed by atoms with Crippen LogP contribution < -0.4 is 27.4 Å². The van der Waals surface area contributed by atoms with Crippen LogP contribution in [0, 0.1) is 0 Å². The van der Waals surface area contributed by atoms with Crippen LogP contribution in [0.5, 0.6) is 0 Å². The van der Waals surface area contributed by atoms with E-state index >= 15 is 0 Å². The minimum atomic E-state index is -0.286. The molecule has 2 heterocycles. The van der Waals surface area contributed by atoms with Gasteiger partial charge in [0.05, 0.1) is 5.69 Å². The van der Waals surface area contributed by atoms with Crippen LogP contribution in [0.4, 0.5) is 5.69 Å². The van der Waals surface area contributed by atoms with E-state index in [0.29, 0.717) is 48.1 Å². The fourth-order valence-corrected chi connectivity index (χ4v) is 3.70. The summed E-state index contributed by atoms with van der Waals surface area (Å²) in [7, 11) is 0. The molecular formula is C23H25N7O2S. The van der Waals surface area contributed by atoms with Crippen molar-refractivity contribution in [3.8, 4) is 0 Å². The number of carbonyl (C=O) groups excluding carboxylic acids is 2. The minimum absolute atomic E-state index is 0.203. The Labute approximate surface area is 195 Å². The maximum absolute atomic E-state index is 12.8. The molecule has 2 aromatic carbocycles. The molecule has 4 rings (SSSR count). The Balaban J connectivity index is 1.50. The first kappa shape index (κ1) is 22.5. The molecule has 0 saturated carbocycles. The van der Waals surface area contributed by atoms with Gasteiger partial charge in [-0.3, -0.25) is 9.59 Å². The number of rotatable bonds is 8. The van der Waals surface area contributed by atoms with E-state index in [1.807, 2.05) is 24.3 Å². The predicted octanol–water partition coefficient (Wildman–Crippen LogP) is 1.81. The lowest BCUT2D eigenvalue weighted by Crippen LogP contribution is -2.28. The molecule has 0 spiro atoms. The maximum Gasteiger partial charge on any atom is 0.272 e. The van der Waals surface area contributed by atoms with Crippen LogP contribution in [0.1, 0.15) is 26.5 Å². The smallest absolute Gasteiger partial charge is 0.272 e. The lowest BCUT2D eigenvalue weighted by molar-refractivity contribution is 0.0954. The zero-order valence-corrected chi connectivity index (χ0v) is 18.6. The Bertz CT molecular complexity index is 1340.